The van der Waals surface area contributed by atoms with Gasteiger partial charge in [0.2, 0.25) is 5.76 Å². The average molecular weight is 348 g/mol. The number of likely N-dealkylation sites (tertiary alicyclic amines) is 1. The summed E-state index contributed by atoms with van der Waals surface area (Å²) in [7, 11) is 1.99. The molecule has 128 valence electrons. The topological polar surface area (TPSA) is 56.3 Å². The predicted octanol–water partition coefficient (Wildman–Crippen LogP) is 2.96. The number of alkyl halides is 1. The first kappa shape index (κ1) is 17.1. The highest BCUT2D eigenvalue weighted by Crippen LogP contribution is 2.24. The maximum atomic E-state index is 13.9. The molecule has 1 aliphatic rings. The Hall–Kier alpha value is -1.75. The molecule has 3 heterocycles. The van der Waals surface area contributed by atoms with E-state index < -0.39 is 6.17 Å². The highest BCUT2D eigenvalue weighted by molar-refractivity contribution is 7.09. The van der Waals surface area contributed by atoms with Gasteiger partial charge in [0.25, 0.3) is 0 Å². The average Bonchev–Trinajstić information content (AvgIpc) is 3.22. The number of halogens is 1. The summed E-state index contributed by atoms with van der Waals surface area (Å²) >= 11 is 1.63. The molecule has 0 radical (unpaired) electrons. The number of rotatable bonds is 6. The Balaban J connectivity index is 1.58. The number of hydrogen-bond acceptors (Lipinski definition) is 6. The van der Waals surface area contributed by atoms with Crippen LogP contribution in [0.15, 0.2) is 21.9 Å². The van der Waals surface area contributed by atoms with Gasteiger partial charge in [0.15, 0.2) is 0 Å². The van der Waals surface area contributed by atoms with E-state index in [1.165, 1.54) is 0 Å². The Morgan fingerprint density at radius 3 is 3.04 bits per heavy atom. The first-order valence-electron chi connectivity index (χ1n) is 8.00. The normalized spacial score (nSPS) is 21.5. The molecule has 0 spiro atoms. The molecule has 2 aromatic heterocycles. The third-order valence-corrected chi connectivity index (χ3v) is 5.05. The molecule has 0 amide bonds. The third-order valence-electron chi connectivity index (χ3n) is 4.23. The SMILES string of the molecule is Cc1nc(CN2C[C@@H](F)C[C@H]2CN(C)Cc2ccc(C#N)o2)cs1. The lowest BCUT2D eigenvalue weighted by atomic mass is 10.2. The van der Waals surface area contributed by atoms with Crippen LogP contribution in [0.3, 0.4) is 0 Å². The standard InChI is InChI=1S/C17H21FN4OS/c1-12-20-14(11-24-12)8-22-7-13(18)5-15(22)9-21(2)10-17-4-3-16(6-19)23-17/h3-4,11,13,15H,5,7-10H2,1-2H3/t13-,15-/m0/s1. The molecule has 2 atom stereocenters. The Kier molecular flexibility index (Phi) is 5.29. The second-order valence-electron chi connectivity index (χ2n) is 6.35. The molecule has 7 heteroatoms. The van der Waals surface area contributed by atoms with E-state index in [-0.39, 0.29) is 6.04 Å². The fraction of sp³-hybridized carbons (Fsp3) is 0.529. The molecule has 2 aromatic rings. The zero-order valence-corrected chi connectivity index (χ0v) is 14.7. The second-order valence-corrected chi connectivity index (χ2v) is 7.41. The maximum Gasteiger partial charge on any atom is 0.203 e. The van der Waals surface area contributed by atoms with Crippen LogP contribution in [0.4, 0.5) is 4.39 Å². The summed E-state index contributed by atoms with van der Waals surface area (Å²) in [5.74, 6) is 1.08. The van der Waals surface area contributed by atoms with Gasteiger partial charge in [0.1, 0.15) is 18.0 Å². The van der Waals surface area contributed by atoms with Crippen molar-refractivity contribution in [3.63, 3.8) is 0 Å². The number of likely N-dealkylation sites (N-methyl/N-ethyl adjacent to an activating group) is 1. The van der Waals surface area contributed by atoms with Crippen LogP contribution in [-0.4, -0.2) is 47.1 Å². The molecule has 3 rings (SSSR count). The van der Waals surface area contributed by atoms with Crippen LogP contribution < -0.4 is 0 Å². The van der Waals surface area contributed by atoms with Gasteiger partial charge in [0.05, 0.1) is 17.2 Å². The summed E-state index contributed by atoms with van der Waals surface area (Å²) < 4.78 is 19.3. The molecule has 0 aliphatic carbocycles. The summed E-state index contributed by atoms with van der Waals surface area (Å²) in [6.07, 6.45) is -0.230. The van der Waals surface area contributed by atoms with Crippen molar-refractivity contribution in [3.05, 3.63) is 39.7 Å². The molecule has 1 fully saturated rings. The monoisotopic (exact) mass is 348 g/mol. The summed E-state index contributed by atoms with van der Waals surface area (Å²) in [6, 6.07) is 5.64. The number of furan rings is 1. The summed E-state index contributed by atoms with van der Waals surface area (Å²) in [4.78, 5) is 8.78. The Labute approximate surface area is 145 Å². The largest absolute Gasteiger partial charge is 0.449 e. The molecule has 0 bridgehead atoms. The lowest BCUT2D eigenvalue weighted by Crippen LogP contribution is -2.38. The molecule has 5 nitrogen and oxygen atoms in total. The van der Waals surface area contributed by atoms with Crippen LogP contribution in [0, 0.1) is 18.3 Å². The van der Waals surface area contributed by atoms with Crippen molar-refractivity contribution in [1.29, 1.82) is 5.26 Å². The van der Waals surface area contributed by atoms with Crippen molar-refractivity contribution < 1.29 is 8.81 Å². The van der Waals surface area contributed by atoms with E-state index in [1.807, 2.05) is 31.5 Å². The second kappa shape index (κ2) is 7.43. The zero-order valence-electron chi connectivity index (χ0n) is 13.9. The van der Waals surface area contributed by atoms with E-state index in [4.69, 9.17) is 9.68 Å². The molecule has 24 heavy (non-hydrogen) atoms. The van der Waals surface area contributed by atoms with Crippen molar-refractivity contribution >= 4 is 11.3 Å². The van der Waals surface area contributed by atoms with Crippen LogP contribution in [0.2, 0.25) is 0 Å². The number of thiazole rings is 1. The Morgan fingerprint density at radius 1 is 1.54 bits per heavy atom. The number of nitrogens with zero attached hydrogens (tertiary/aromatic N) is 4. The smallest absolute Gasteiger partial charge is 0.203 e. The highest BCUT2D eigenvalue weighted by atomic mass is 32.1. The van der Waals surface area contributed by atoms with Crippen LogP contribution in [0.1, 0.15) is 28.6 Å². The molecular formula is C17H21FN4OS. The van der Waals surface area contributed by atoms with E-state index in [1.54, 1.807) is 17.4 Å². The van der Waals surface area contributed by atoms with Crippen molar-refractivity contribution in [2.24, 2.45) is 0 Å². The third kappa shape index (κ3) is 4.20. The number of aryl methyl sites for hydroxylation is 1. The van der Waals surface area contributed by atoms with Crippen molar-refractivity contribution in [3.8, 4) is 6.07 Å². The molecule has 1 saturated heterocycles. The van der Waals surface area contributed by atoms with E-state index in [9.17, 15) is 4.39 Å². The molecule has 0 N–H and O–H groups in total. The van der Waals surface area contributed by atoms with E-state index >= 15 is 0 Å². The number of hydrogen-bond donors (Lipinski definition) is 0. The minimum absolute atomic E-state index is 0.164. The summed E-state index contributed by atoms with van der Waals surface area (Å²) in [5.41, 5.74) is 1.02. The van der Waals surface area contributed by atoms with Crippen LogP contribution in [-0.2, 0) is 13.1 Å². The highest BCUT2D eigenvalue weighted by Gasteiger charge is 2.33. The molecule has 0 saturated carbocycles. The summed E-state index contributed by atoms with van der Waals surface area (Å²) in [5, 5.41) is 11.9. The quantitative estimate of drug-likeness (QED) is 0.803. The number of aromatic nitrogens is 1. The molecular weight excluding hydrogens is 327 g/mol. The van der Waals surface area contributed by atoms with E-state index in [0.29, 0.717) is 31.8 Å². The molecule has 0 unspecified atom stereocenters. The van der Waals surface area contributed by atoms with Gasteiger partial charge in [0, 0.05) is 31.1 Å². The van der Waals surface area contributed by atoms with Gasteiger partial charge in [-0.25, -0.2) is 9.37 Å². The van der Waals surface area contributed by atoms with Crippen LogP contribution in [0.5, 0.6) is 0 Å². The minimum Gasteiger partial charge on any atom is -0.449 e. The van der Waals surface area contributed by atoms with Gasteiger partial charge < -0.3 is 4.42 Å². The fourth-order valence-electron chi connectivity index (χ4n) is 3.21. The Morgan fingerprint density at radius 2 is 2.38 bits per heavy atom. The Bertz CT molecular complexity index is 722. The van der Waals surface area contributed by atoms with Gasteiger partial charge in [-0.05, 0) is 32.5 Å². The minimum atomic E-state index is -0.781. The first-order chi connectivity index (χ1) is 11.5. The van der Waals surface area contributed by atoms with E-state index in [2.05, 4.69) is 14.8 Å². The van der Waals surface area contributed by atoms with Crippen LogP contribution >= 0.6 is 11.3 Å². The first-order valence-corrected chi connectivity index (χ1v) is 8.88. The van der Waals surface area contributed by atoms with Gasteiger partial charge in [-0.1, -0.05) is 0 Å². The van der Waals surface area contributed by atoms with E-state index in [0.717, 1.165) is 23.0 Å². The summed E-state index contributed by atoms with van der Waals surface area (Å²) in [6.45, 7) is 4.52. The van der Waals surface area contributed by atoms with Crippen LogP contribution in [0.25, 0.3) is 0 Å². The maximum absolute atomic E-state index is 13.9. The zero-order chi connectivity index (χ0) is 17.1. The molecule has 0 aromatic carbocycles. The van der Waals surface area contributed by atoms with Crippen molar-refractivity contribution in [2.45, 2.75) is 38.6 Å². The fourth-order valence-corrected chi connectivity index (χ4v) is 3.81. The van der Waals surface area contributed by atoms with Gasteiger partial charge in [-0.3, -0.25) is 9.80 Å². The number of nitriles is 1. The van der Waals surface area contributed by atoms with Crippen molar-refractivity contribution in [2.75, 3.05) is 20.1 Å². The lowest BCUT2D eigenvalue weighted by molar-refractivity contribution is 0.173. The van der Waals surface area contributed by atoms with Gasteiger partial charge in [-0.2, -0.15) is 5.26 Å². The molecule has 1 aliphatic heterocycles. The van der Waals surface area contributed by atoms with Crippen molar-refractivity contribution in [1.82, 2.24) is 14.8 Å². The lowest BCUT2D eigenvalue weighted by Gasteiger charge is -2.27. The van der Waals surface area contributed by atoms with Gasteiger partial charge >= 0.3 is 0 Å². The van der Waals surface area contributed by atoms with Gasteiger partial charge in [-0.15, -0.1) is 11.3 Å². The predicted molar refractivity (Wildman–Crippen MR) is 90.3 cm³/mol.